The second-order valence-electron chi connectivity index (χ2n) is 5.85. The minimum absolute atomic E-state index is 0.203. The summed E-state index contributed by atoms with van der Waals surface area (Å²) in [6.07, 6.45) is 0. The number of methoxy groups -OCH3 is 2. The minimum Gasteiger partial charge on any atom is -0.495 e. The van der Waals surface area contributed by atoms with E-state index in [0.717, 1.165) is 0 Å². The highest BCUT2D eigenvalue weighted by Gasteiger charge is 2.24. The number of nitrogens with two attached hydrogens (primary N) is 2. The third-order valence-electron chi connectivity index (χ3n) is 3.83. The van der Waals surface area contributed by atoms with Gasteiger partial charge in [-0.25, -0.2) is 0 Å². The number of ether oxygens (including phenoxy) is 2. The standard InChI is InChI=1S/C18H22N2O6S/c1-25-17-5-3-11(7-13(17)19)15(21)9-27(23,24)10-16(22)12-4-6-18(26-2)14(20)8-12/h3-8,23-24H,9-10,19-20H2,1-2H3. The molecule has 0 spiro atoms. The van der Waals surface area contributed by atoms with Crippen LogP contribution in [0.4, 0.5) is 11.4 Å². The van der Waals surface area contributed by atoms with Crippen molar-refractivity contribution in [2.24, 2.45) is 0 Å². The SMILES string of the molecule is COc1ccc(C(=O)CS(O)(O)CC(=O)c2ccc(OC)c(N)c2)cc1N. The summed E-state index contributed by atoms with van der Waals surface area (Å²) in [5, 5.41) is 0. The molecular weight excluding hydrogens is 372 g/mol. The van der Waals surface area contributed by atoms with Gasteiger partial charge in [-0.1, -0.05) is 0 Å². The zero-order valence-electron chi connectivity index (χ0n) is 15.0. The van der Waals surface area contributed by atoms with Crippen molar-refractivity contribution in [3.63, 3.8) is 0 Å². The second kappa shape index (κ2) is 8.30. The quantitative estimate of drug-likeness (QED) is 0.395. The fourth-order valence-electron chi connectivity index (χ4n) is 2.45. The first kappa shape index (κ1) is 20.6. The molecule has 0 heterocycles. The van der Waals surface area contributed by atoms with Crippen LogP contribution in [0.5, 0.6) is 11.5 Å². The molecule has 27 heavy (non-hydrogen) atoms. The number of carbonyl (C=O) groups is 2. The summed E-state index contributed by atoms with van der Waals surface area (Å²) in [6.45, 7) is 0. The molecule has 0 saturated carbocycles. The van der Waals surface area contributed by atoms with Crippen LogP contribution in [0, 0.1) is 0 Å². The number of hydrogen-bond donors (Lipinski definition) is 4. The summed E-state index contributed by atoms with van der Waals surface area (Å²) in [5.74, 6) is -1.43. The predicted octanol–water partition coefficient (Wildman–Crippen LogP) is 2.68. The highest BCUT2D eigenvalue weighted by molar-refractivity contribution is 8.25. The Hall–Kier alpha value is -2.75. The molecule has 0 aromatic heterocycles. The molecule has 0 atom stereocenters. The molecule has 0 fully saturated rings. The molecule has 0 aliphatic carbocycles. The van der Waals surface area contributed by atoms with Gasteiger partial charge < -0.3 is 20.9 Å². The third kappa shape index (κ3) is 5.13. The van der Waals surface area contributed by atoms with Gasteiger partial charge in [-0.15, -0.1) is 0 Å². The molecular formula is C18H22N2O6S. The lowest BCUT2D eigenvalue weighted by molar-refractivity contribution is 0.101. The van der Waals surface area contributed by atoms with Crippen LogP contribution in [0.1, 0.15) is 20.7 Å². The van der Waals surface area contributed by atoms with E-state index in [9.17, 15) is 18.7 Å². The Labute approximate surface area is 158 Å². The fourth-order valence-corrected chi connectivity index (χ4v) is 3.73. The van der Waals surface area contributed by atoms with E-state index in [1.165, 1.54) is 50.6 Å². The van der Waals surface area contributed by atoms with E-state index in [4.69, 9.17) is 20.9 Å². The number of Topliss-reactive ketones (excluding diaryl/α,β-unsaturated/α-hetero) is 2. The zero-order valence-corrected chi connectivity index (χ0v) is 15.8. The molecule has 6 N–H and O–H groups in total. The first-order valence-electron chi connectivity index (χ1n) is 7.84. The van der Waals surface area contributed by atoms with Crippen LogP contribution in [0.15, 0.2) is 36.4 Å². The van der Waals surface area contributed by atoms with Gasteiger partial charge in [-0.05, 0) is 36.4 Å². The average molecular weight is 394 g/mol. The summed E-state index contributed by atoms with van der Waals surface area (Å²) in [5.41, 5.74) is 12.4. The molecule has 0 radical (unpaired) electrons. The molecule has 0 aliphatic heterocycles. The van der Waals surface area contributed by atoms with E-state index < -0.39 is 33.7 Å². The van der Waals surface area contributed by atoms with Gasteiger partial charge in [-0.2, -0.15) is 10.6 Å². The first-order chi connectivity index (χ1) is 12.7. The summed E-state index contributed by atoms with van der Waals surface area (Å²) in [4.78, 5) is 24.6. The van der Waals surface area contributed by atoms with E-state index in [1.54, 1.807) is 0 Å². The maximum atomic E-state index is 12.3. The van der Waals surface area contributed by atoms with Crippen molar-refractivity contribution in [2.45, 2.75) is 0 Å². The van der Waals surface area contributed by atoms with Crippen molar-refractivity contribution in [2.75, 3.05) is 37.2 Å². The normalized spacial score (nSPS) is 11.7. The number of benzene rings is 2. The number of nitrogen functional groups attached to an aromatic ring is 2. The van der Waals surface area contributed by atoms with Gasteiger partial charge in [0.15, 0.2) is 11.6 Å². The largest absolute Gasteiger partial charge is 0.495 e. The average Bonchev–Trinajstić information content (AvgIpc) is 2.60. The second-order valence-corrected chi connectivity index (χ2v) is 8.03. The molecule has 0 bridgehead atoms. The molecule has 2 aromatic carbocycles. The molecule has 0 amide bonds. The van der Waals surface area contributed by atoms with Gasteiger partial charge in [0.1, 0.15) is 23.0 Å². The highest BCUT2D eigenvalue weighted by Crippen LogP contribution is 2.40. The van der Waals surface area contributed by atoms with Gasteiger partial charge >= 0.3 is 0 Å². The molecule has 2 rings (SSSR count). The van der Waals surface area contributed by atoms with Crippen LogP contribution in [0.3, 0.4) is 0 Å². The van der Waals surface area contributed by atoms with E-state index in [-0.39, 0.29) is 22.5 Å². The van der Waals surface area contributed by atoms with Crippen LogP contribution in [-0.2, 0) is 0 Å². The Balaban J connectivity index is 2.09. The minimum atomic E-state index is -3.48. The summed E-state index contributed by atoms with van der Waals surface area (Å²) < 4.78 is 30.4. The Morgan fingerprint density at radius 1 is 0.852 bits per heavy atom. The summed E-state index contributed by atoms with van der Waals surface area (Å²) >= 11 is 0. The third-order valence-corrected chi connectivity index (χ3v) is 5.28. The van der Waals surface area contributed by atoms with Crippen molar-refractivity contribution in [1.29, 1.82) is 0 Å². The highest BCUT2D eigenvalue weighted by atomic mass is 32.3. The van der Waals surface area contributed by atoms with Gasteiger partial charge in [0.25, 0.3) is 0 Å². The topological polar surface area (TPSA) is 145 Å². The first-order valence-corrected chi connectivity index (χ1v) is 9.72. The van der Waals surface area contributed by atoms with E-state index >= 15 is 0 Å². The maximum absolute atomic E-state index is 12.3. The van der Waals surface area contributed by atoms with E-state index in [0.29, 0.717) is 11.5 Å². The van der Waals surface area contributed by atoms with Gasteiger partial charge in [0.2, 0.25) is 0 Å². The molecule has 8 nitrogen and oxygen atoms in total. The maximum Gasteiger partial charge on any atom is 0.181 e. The molecule has 2 aromatic rings. The van der Waals surface area contributed by atoms with Gasteiger partial charge in [0.05, 0.1) is 25.6 Å². The van der Waals surface area contributed by atoms with Crippen LogP contribution in [0.2, 0.25) is 0 Å². The monoisotopic (exact) mass is 394 g/mol. The molecule has 9 heteroatoms. The lowest BCUT2D eigenvalue weighted by Gasteiger charge is -2.30. The molecule has 146 valence electrons. The Morgan fingerprint density at radius 2 is 1.22 bits per heavy atom. The van der Waals surface area contributed by atoms with Crippen molar-refractivity contribution in [3.8, 4) is 11.5 Å². The van der Waals surface area contributed by atoms with Crippen molar-refractivity contribution < 1.29 is 28.2 Å². The number of anilines is 2. The van der Waals surface area contributed by atoms with E-state index in [1.807, 2.05) is 0 Å². The molecule has 0 unspecified atom stereocenters. The lowest BCUT2D eigenvalue weighted by atomic mass is 10.1. The summed E-state index contributed by atoms with van der Waals surface area (Å²) in [7, 11) is -0.585. The number of rotatable bonds is 8. The van der Waals surface area contributed by atoms with Crippen molar-refractivity contribution in [1.82, 2.24) is 0 Å². The van der Waals surface area contributed by atoms with Crippen molar-refractivity contribution >= 4 is 33.5 Å². The zero-order chi connectivity index (χ0) is 20.2. The smallest absolute Gasteiger partial charge is 0.181 e. The number of ketones is 2. The van der Waals surface area contributed by atoms with Crippen molar-refractivity contribution in [3.05, 3.63) is 47.5 Å². The van der Waals surface area contributed by atoms with Gasteiger partial charge in [-0.3, -0.25) is 18.7 Å². The van der Waals surface area contributed by atoms with E-state index in [2.05, 4.69) is 0 Å². The Bertz CT molecular complexity index is 799. The van der Waals surface area contributed by atoms with Gasteiger partial charge in [0, 0.05) is 11.1 Å². The lowest BCUT2D eigenvalue weighted by Crippen LogP contribution is -2.21. The van der Waals surface area contributed by atoms with Crippen LogP contribution >= 0.6 is 10.6 Å². The molecule has 0 saturated heterocycles. The number of carbonyl (C=O) groups excluding carboxylic acids is 2. The number of hydrogen-bond acceptors (Lipinski definition) is 8. The van der Waals surface area contributed by atoms with Crippen LogP contribution in [-0.4, -0.2) is 46.4 Å². The fraction of sp³-hybridized carbons (Fsp3) is 0.222. The molecule has 0 aliphatic rings. The summed E-state index contributed by atoms with van der Waals surface area (Å²) in [6, 6.07) is 8.75. The van der Waals surface area contributed by atoms with Crippen LogP contribution in [0.25, 0.3) is 0 Å². The Kier molecular flexibility index (Phi) is 6.32. The van der Waals surface area contributed by atoms with Crippen LogP contribution < -0.4 is 20.9 Å². The predicted molar refractivity (Wildman–Crippen MR) is 106 cm³/mol. The Morgan fingerprint density at radius 3 is 1.52 bits per heavy atom.